The number of methoxy groups -OCH3 is 1. The fourth-order valence-corrected chi connectivity index (χ4v) is 1.81. The van der Waals surface area contributed by atoms with Gasteiger partial charge in [-0.15, -0.1) is 0 Å². The van der Waals surface area contributed by atoms with Crippen LogP contribution < -0.4 is 4.74 Å². The summed E-state index contributed by atoms with van der Waals surface area (Å²) in [5.74, 6) is 0.949. The molecule has 0 heterocycles. The first-order valence-electron chi connectivity index (χ1n) is 5.02. The van der Waals surface area contributed by atoms with E-state index in [1.165, 1.54) is 5.56 Å². The normalized spacial score (nSPS) is 10.8. The Bertz CT molecular complexity index is 313. The summed E-state index contributed by atoms with van der Waals surface area (Å²) in [4.78, 5) is 1.85. The van der Waals surface area contributed by atoms with Crippen LogP contribution in [0.15, 0.2) is 12.1 Å². The largest absolute Gasteiger partial charge is 0.496 e. The van der Waals surface area contributed by atoms with E-state index >= 15 is 0 Å². The van der Waals surface area contributed by atoms with Gasteiger partial charge in [-0.25, -0.2) is 0 Å². The molecule has 0 unspecified atom stereocenters. The van der Waals surface area contributed by atoms with Gasteiger partial charge in [0.05, 0.1) is 13.8 Å². The number of aryl methyl sites for hydroxylation is 2. The van der Waals surface area contributed by atoms with Crippen molar-refractivity contribution in [2.45, 2.75) is 20.4 Å². The van der Waals surface area contributed by atoms with Crippen LogP contribution >= 0.6 is 0 Å². The summed E-state index contributed by atoms with van der Waals surface area (Å²) in [6.45, 7) is 4.90. The lowest BCUT2D eigenvalue weighted by molar-refractivity contribution is 0.127. The third-order valence-corrected chi connectivity index (χ3v) is 2.42. The number of hydrogen-bond donors (Lipinski definition) is 1. The lowest BCUT2D eigenvalue weighted by Gasteiger charge is -2.16. The van der Waals surface area contributed by atoms with E-state index in [0.717, 1.165) is 23.4 Å². The van der Waals surface area contributed by atoms with E-state index in [2.05, 4.69) is 12.1 Å². The van der Waals surface area contributed by atoms with Crippen LogP contribution in [0.2, 0.25) is 0 Å². The summed E-state index contributed by atoms with van der Waals surface area (Å²) >= 11 is 0. The minimum absolute atomic E-state index is 0.0735. The van der Waals surface area contributed by atoms with Gasteiger partial charge < -0.3 is 9.84 Å². The predicted molar refractivity (Wildman–Crippen MR) is 61.0 cm³/mol. The van der Waals surface area contributed by atoms with Crippen LogP contribution in [0.25, 0.3) is 0 Å². The summed E-state index contributed by atoms with van der Waals surface area (Å²) in [7, 11) is 3.57. The molecule has 1 aromatic carbocycles. The van der Waals surface area contributed by atoms with Gasteiger partial charge in [-0.2, -0.15) is 0 Å². The molecule has 3 heteroatoms. The first-order chi connectivity index (χ1) is 7.08. The van der Waals surface area contributed by atoms with Crippen LogP contribution in [0.3, 0.4) is 0 Å². The van der Waals surface area contributed by atoms with Crippen molar-refractivity contribution in [3.8, 4) is 5.75 Å². The molecule has 0 saturated heterocycles. The van der Waals surface area contributed by atoms with Crippen molar-refractivity contribution in [2.24, 2.45) is 0 Å². The maximum Gasteiger partial charge on any atom is 0.124 e. The second kappa shape index (κ2) is 5.14. The van der Waals surface area contributed by atoms with Gasteiger partial charge >= 0.3 is 0 Å². The number of ether oxygens (including phenoxy) is 1. The van der Waals surface area contributed by atoms with Gasteiger partial charge in [0.15, 0.2) is 0 Å². The fraction of sp³-hybridized carbons (Fsp3) is 0.500. The zero-order valence-electron chi connectivity index (χ0n) is 9.87. The molecule has 1 aromatic rings. The Morgan fingerprint density at radius 1 is 1.27 bits per heavy atom. The highest BCUT2D eigenvalue weighted by molar-refractivity contribution is 5.43. The second-order valence-corrected chi connectivity index (χ2v) is 3.92. The van der Waals surface area contributed by atoms with E-state index in [4.69, 9.17) is 9.84 Å². The third-order valence-electron chi connectivity index (χ3n) is 2.42. The van der Waals surface area contributed by atoms with E-state index in [9.17, 15) is 0 Å². The SMILES string of the molecule is COc1c(C)cc(CN(C)CO)cc1C. The smallest absolute Gasteiger partial charge is 0.124 e. The highest BCUT2D eigenvalue weighted by atomic mass is 16.5. The average molecular weight is 209 g/mol. The molecule has 0 saturated carbocycles. The molecule has 1 N–H and O–H groups in total. The van der Waals surface area contributed by atoms with Crippen molar-refractivity contribution in [3.63, 3.8) is 0 Å². The molecule has 0 aromatic heterocycles. The Morgan fingerprint density at radius 3 is 2.20 bits per heavy atom. The number of rotatable bonds is 4. The summed E-state index contributed by atoms with van der Waals surface area (Å²) in [5, 5.41) is 8.94. The standard InChI is InChI=1S/C12H19NO2/c1-9-5-11(7-13(3)8-14)6-10(2)12(9)15-4/h5-6,14H,7-8H2,1-4H3. The van der Waals surface area contributed by atoms with Crippen molar-refractivity contribution in [1.29, 1.82) is 0 Å². The van der Waals surface area contributed by atoms with Gasteiger partial charge in [0.25, 0.3) is 0 Å². The zero-order valence-corrected chi connectivity index (χ0v) is 9.87. The summed E-state index contributed by atoms with van der Waals surface area (Å²) in [6.07, 6.45) is 0. The predicted octanol–water partition coefficient (Wildman–Crippen LogP) is 1.69. The molecule has 0 atom stereocenters. The molecular weight excluding hydrogens is 190 g/mol. The average Bonchev–Trinajstić information content (AvgIpc) is 2.17. The van der Waals surface area contributed by atoms with Crippen molar-refractivity contribution in [1.82, 2.24) is 4.90 Å². The van der Waals surface area contributed by atoms with E-state index in [-0.39, 0.29) is 6.73 Å². The van der Waals surface area contributed by atoms with Crippen LogP contribution in [-0.2, 0) is 6.54 Å². The third kappa shape index (κ3) is 2.94. The van der Waals surface area contributed by atoms with Crippen LogP contribution in [0.4, 0.5) is 0 Å². The lowest BCUT2D eigenvalue weighted by Crippen LogP contribution is -2.18. The molecule has 0 amide bonds. The Labute approximate surface area is 91.3 Å². The Morgan fingerprint density at radius 2 is 1.80 bits per heavy atom. The monoisotopic (exact) mass is 209 g/mol. The first-order valence-corrected chi connectivity index (χ1v) is 5.02. The van der Waals surface area contributed by atoms with Gasteiger partial charge in [-0.05, 0) is 37.6 Å². The van der Waals surface area contributed by atoms with Gasteiger partial charge in [-0.1, -0.05) is 12.1 Å². The molecule has 84 valence electrons. The summed E-state index contributed by atoms with van der Waals surface area (Å²) in [5.41, 5.74) is 3.47. The number of nitrogens with zero attached hydrogens (tertiary/aromatic N) is 1. The summed E-state index contributed by atoms with van der Waals surface area (Å²) in [6, 6.07) is 4.19. The number of benzene rings is 1. The highest BCUT2D eigenvalue weighted by Gasteiger charge is 2.06. The molecule has 0 aliphatic carbocycles. The quantitative estimate of drug-likeness (QED) is 0.766. The van der Waals surface area contributed by atoms with Crippen LogP contribution in [0.5, 0.6) is 5.75 Å². The van der Waals surface area contributed by atoms with E-state index in [0.29, 0.717) is 0 Å². The summed E-state index contributed by atoms with van der Waals surface area (Å²) < 4.78 is 5.30. The van der Waals surface area contributed by atoms with Gasteiger partial charge in [0.2, 0.25) is 0 Å². The van der Waals surface area contributed by atoms with Crippen LogP contribution in [-0.4, -0.2) is 30.9 Å². The lowest BCUT2D eigenvalue weighted by atomic mass is 10.1. The van der Waals surface area contributed by atoms with Crippen molar-refractivity contribution in [2.75, 3.05) is 20.9 Å². The topological polar surface area (TPSA) is 32.7 Å². The molecule has 0 aliphatic rings. The zero-order chi connectivity index (χ0) is 11.4. The van der Waals surface area contributed by atoms with Crippen LogP contribution in [0.1, 0.15) is 16.7 Å². The first kappa shape index (κ1) is 12.0. The van der Waals surface area contributed by atoms with Gasteiger partial charge in [-0.3, -0.25) is 4.90 Å². The van der Waals surface area contributed by atoms with Crippen molar-refractivity contribution in [3.05, 3.63) is 28.8 Å². The van der Waals surface area contributed by atoms with Crippen molar-refractivity contribution < 1.29 is 9.84 Å². The highest BCUT2D eigenvalue weighted by Crippen LogP contribution is 2.24. The molecule has 0 bridgehead atoms. The van der Waals surface area contributed by atoms with E-state index in [1.807, 2.05) is 25.8 Å². The maximum atomic E-state index is 8.94. The molecule has 1 rings (SSSR count). The Hall–Kier alpha value is -1.06. The van der Waals surface area contributed by atoms with Gasteiger partial charge in [0.1, 0.15) is 5.75 Å². The number of hydrogen-bond acceptors (Lipinski definition) is 3. The maximum absolute atomic E-state index is 8.94. The molecule has 3 nitrogen and oxygen atoms in total. The molecule has 0 radical (unpaired) electrons. The molecule has 0 aliphatic heterocycles. The molecule has 0 fully saturated rings. The van der Waals surface area contributed by atoms with Crippen LogP contribution in [0, 0.1) is 13.8 Å². The molecule has 0 spiro atoms. The van der Waals surface area contributed by atoms with Crippen molar-refractivity contribution >= 4 is 0 Å². The van der Waals surface area contributed by atoms with E-state index in [1.54, 1.807) is 7.11 Å². The Balaban J connectivity index is 2.93. The Kier molecular flexibility index (Phi) is 4.12. The minimum Gasteiger partial charge on any atom is -0.496 e. The van der Waals surface area contributed by atoms with Gasteiger partial charge in [0, 0.05) is 6.54 Å². The minimum atomic E-state index is 0.0735. The molecular formula is C12H19NO2. The number of aliphatic hydroxyl groups is 1. The number of aliphatic hydroxyl groups excluding tert-OH is 1. The van der Waals surface area contributed by atoms with E-state index < -0.39 is 0 Å². The second-order valence-electron chi connectivity index (χ2n) is 3.92. The fourth-order valence-electron chi connectivity index (χ4n) is 1.81. The molecule has 15 heavy (non-hydrogen) atoms.